The molecule has 0 fully saturated rings. The number of benzene rings is 1. The van der Waals surface area contributed by atoms with Crippen molar-refractivity contribution in [1.82, 2.24) is 19.7 Å². The molecule has 0 aliphatic carbocycles. The zero-order valence-electron chi connectivity index (χ0n) is 17.5. The lowest BCUT2D eigenvalue weighted by molar-refractivity contribution is 0.185. The highest BCUT2D eigenvalue weighted by atomic mass is 32.2. The first-order chi connectivity index (χ1) is 14.1. The maximum absolute atomic E-state index is 5.94. The Balaban J connectivity index is 1.62. The van der Waals surface area contributed by atoms with Crippen LogP contribution in [-0.4, -0.2) is 45.8 Å². The van der Waals surface area contributed by atoms with E-state index in [-0.39, 0.29) is 0 Å². The number of aromatic nitrogens is 4. The van der Waals surface area contributed by atoms with Gasteiger partial charge in [-0.1, -0.05) is 31.7 Å². The van der Waals surface area contributed by atoms with Gasteiger partial charge in [0.15, 0.2) is 11.0 Å². The SMILES string of the molecule is COCCn1c(SCCOc2ccc(C(C)C)c(C)c2)nnc1-c1ccncc1. The first kappa shape index (κ1) is 21.3. The first-order valence-corrected chi connectivity index (χ1v) is 10.8. The molecule has 0 aliphatic heterocycles. The molecule has 0 radical (unpaired) electrons. The van der Waals surface area contributed by atoms with Crippen LogP contribution >= 0.6 is 11.8 Å². The zero-order valence-corrected chi connectivity index (χ0v) is 18.3. The van der Waals surface area contributed by atoms with Gasteiger partial charge in [-0.2, -0.15) is 0 Å². The van der Waals surface area contributed by atoms with Crippen LogP contribution in [0.25, 0.3) is 11.4 Å². The summed E-state index contributed by atoms with van der Waals surface area (Å²) >= 11 is 1.64. The molecule has 0 spiro atoms. The number of aryl methyl sites for hydroxylation is 1. The molecule has 0 unspecified atom stereocenters. The highest BCUT2D eigenvalue weighted by molar-refractivity contribution is 7.99. The summed E-state index contributed by atoms with van der Waals surface area (Å²) in [6.07, 6.45) is 3.52. The van der Waals surface area contributed by atoms with E-state index < -0.39 is 0 Å². The van der Waals surface area contributed by atoms with Crippen molar-refractivity contribution in [2.45, 2.75) is 38.4 Å². The van der Waals surface area contributed by atoms with Crippen molar-refractivity contribution < 1.29 is 9.47 Å². The summed E-state index contributed by atoms with van der Waals surface area (Å²) in [6.45, 7) is 8.45. The second kappa shape index (κ2) is 10.4. The standard InChI is InChI=1S/C22H28N4O2S/c1-16(2)20-6-5-19(15-17(20)3)28-13-14-29-22-25-24-21(26(22)11-12-27-4)18-7-9-23-10-8-18/h5-10,15-16H,11-14H2,1-4H3. The third-order valence-corrected chi connectivity index (χ3v) is 5.55. The first-order valence-electron chi connectivity index (χ1n) is 9.79. The van der Waals surface area contributed by atoms with E-state index in [0.29, 0.717) is 25.7 Å². The van der Waals surface area contributed by atoms with Crippen LogP contribution in [0.5, 0.6) is 5.75 Å². The topological polar surface area (TPSA) is 62.1 Å². The van der Waals surface area contributed by atoms with Gasteiger partial charge in [-0.05, 0) is 48.2 Å². The van der Waals surface area contributed by atoms with Gasteiger partial charge in [-0.3, -0.25) is 9.55 Å². The summed E-state index contributed by atoms with van der Waals surface area (Å²) in [6, 6.07) is 10.2. The van der Waals surface area contributed by atoms with Crippen molar-refractivity contribution >= 4 is 11.8 Å². The molecule has 7 heteroatoms. The highest BCUT2D eigenvalue weighted by Crippen LogP contribution is 2.25. The van der Waals surface area contributed by atoms with Gasteiger partial charge in [0.25, 0.3) is 0 Å². The minimum atomic E-state index is 0.521. The Morgan fingerprint density at radius 1 is 1.07 bits per heavy atom. The molecule has 29 heavy (non-hydrogen) atoms. The molecule has 3 rings (SSSR count). The van der Waals surface area contributed by atoms with Gasteiger partial charge in [0.2, 0.25) is 0 Å². The second-order valence-electron chi connectivity index (χ2n) is 7.06. The summed E-state index contributed by atoms with van der Waals surface area (Å²) < 4.78 is 13.3. The normalized spacial score (nSPS) is 11.2. The third kappa shape index (κ3) is 5.58. The zero-order chi connectivity index (χ0) is 20.6. The molecule has 2 aromatic heterocycles. The quantitative estimate of drug-likeness (QED) is 0.358. The molecule has 0 saturated heterocycles. The van der Waals surface area contributed by atoms with Crippen molar-refractivity contribution in [3.63, 3.8) is 0 Å². The van der Waals surface area contributed by atoms with Crippen LogP contribution in [0.1, 0.15) is 30.9 Å². The Kier molecular flexibility index (Phi) is 7.66. The van der Waals surface area contributed by atoms with E-state index in [4.69, 9.17) is 9.47 Å². The largest absolute Gasteiger partial charge is 0.493 e. The van der Waals surface area contributed by atoms with Gasteiger partial charge in [0.05, 0.1) is 19.8 Å². The number of ether oxygens (including phenoxy) is 2. The predicted molar refractivity (Wildman–Crippen MR) is 117 cm³/mol. The third-order valence-electron chi connectivity index (χ3n) is 4.62. The van der Waals surface area contributed by atoms with E-state index in [1.165, 1.54) is 11.1 Å². The molecule has 0 aliphatic rings. The predicted octanol–water partition coefficient (Wildman–Crippen LogP) is 4.59. The minimum absolute atomic E-state index is 0.521. The second-order valence-corrected chi connectivity index (χ2v) is 8.12. The van der Waals surface area contributed by atoms with E-state index >= 15 is 0 Å². The highest BCUT2D eigenvalue weighted by Gasteiger charge is 2.14. The molecular formula is C22H28N4O2S. The monoisotopic (exact) mass is 412 g/mol. The van der Waals surface area contributed by atoms with Crippen LogP contribution in [-0.2, 0) is 11.3 Å². The minimum Gasteiger partial charge on any atom is -0.493 e. The van der Waals surface area contributed by atoms with E-state index in [2.05, 4.69) is 58.7 Å². The average molecular weight is 413 g/mol. The van der Waals surface area contributed by atoms with Crippen molar-refractivity contribution in [3.05, 3.63) is 53.9 Å². The molecule has 0 amide bonds. The van der Waals surface area contributed by atoms with Gasteiger partial charge in [-0.25, -0.2) is 0 Å². The van der Waals surface area contributed by atoms with Crippen LogP contribution in [0.3, 0.4) is 0 Å². The summed E-state index contributed by atoms with van der Waals surface area (Å²) in [5.74, 6) is 3.04. The lowest BCUT2D eigenvalue weighted by Crippen LogP contribution is -2.08. The van der Waals surface area contributed by atoms with Crippen LogP contribution in [0.4, 0.5) is 0 Å². The fourth-order valence-corrected chi connectivity index (χ4v) is 3.95. The average Bonchev–Trinajstić information content (AvgIpc) is 3.12. The number of methoxy groups -OCH3 is 1. The Morgan fingerprint density at radius 3 is 2.55 bits per heavy atom. The smallest absolute Gasteiger partial charge is 0.191 e. The summed E-state index contributed by atoms with van der Waals surface area (Å²) in [4.78, 5) is 4.08. The lowest BCUT2D eigenvalue weighted by atomic mass is 9.98. The summed E-state index contributed by atoms with van der Waals surface area (Å²) in [5.41, 5.74) is 3.63. The van der Waals surface area contributed by atoms with Crippen LogP contribution < -0.4 is 4.74 Å². The number of thioether (sulfide) groups is 1. The van der Waals surface area contributed by atoms with Gasteiger partial charge in [0.1, 0.15) is 5.75 Å². The van der Waals surface area contributed by atoms with Crippen LogP contribution in [0.2, 0.25) is 0 Å². The van der Waals surface area contributed by atoms with Crippen LogP contribution in [0, 0.1) is 6.92 Å². The molecule has 0 saturated carbocycles. The van der Waals surface area contributed by atoms with E-state index in [1.807, 2.05) is 12.1 Å². The molecule has 0 N–H and O–H groups in total. The molecular weight excluding hydrogens is 384 g/mol. The Bertz CT molecular complexity index is 912. The summed E-state index contributed by atoms with van der Waals surface area (Å²) in [7, 11) is 1.70. The Morgan fingerprint density at radius 2 is 1.86 bits per heavy atom. The molecule has 154 valence electrons. The summed E-state index contributed by atoms with van der Waals surface area (Å²) in [5, 5.41) is 9.63. The van der Waals surface area contributed by atoms with Crippen molar-refractivity contribution in [3.8, 4) is 17.1 Å². The van der Waals surface area contributed by atoms with E-state index in [1.54, 1.807) is 31.3 Å². The number of nitrogens with zero attached hydrogens (tertiary/aromatic N) is 4. The fourth-order valence-electron chi connectivity index (χ4n) is 3.17. The molecule has 3 aromatic rings. The Labute approximate surface area is 176 Å². The number of rotatable bonds is 10. The van der Waals surface area contributed by atoms with E-state index in [0.717, 1.165) is 28.0 Å². The number of pyridine rings is 1. The molecule has 2 heterocycles. The van der Waals surface area contributed by atoms with Gasteiger partial charge in [-0.15, -0.1) is 10.2 Å². The molecule has 0 bridgehead atoms. The van der Waals surface area contributed by atoms with Gasteiger partial charge >= 0.3 is 0 Å². The number of hydrogen-bond donors (Lipinski definition) is 0. The van der Waals surface area contributed by atoms with Gasteiger partial charge < -0.3 is 9.47 Å². The Hall–Kier alpha value is -2.38. The van der Waals surface area contributed by atoms with Crippen LogP contribution in [0.15, 0.2) is 47.9 Å². The number of hydrogen-bond acceptors (Lipinski definition) is 6. The molecule has 1 aromatic carbocycles. The van der Waals surface area contributed by atoms with Crippen molar-refractivity contribution in [2.24, 2.45) is 0 Å². The van der Waals surface area contributed by atoms with Gasteiger partial charge in [0, 0.05) is 30.8 Å². The maximum atomic E-state index is 5.94. The van der Waals surface area contributed by atoms with E-state index in [9.17, 15) is 0 Å². The molecule has 6 nitrogen and oxygen atoms in total. The lowest BCUT2D eigenvalue weighted by Gasteiger charge is -2.12. The van der Waals surface area contributed by atoms with Crippen molar-refractivity contribution in [2.75, 3.05) is 26.1 Å². The molecule has 0 atom stereocenters. The van der Waals surface area contributed by atoms with Crippen molar-refractivity contribution in [1.29, 1.82) is 0 Å². The maximum Gasteiger partial charge on any atom is 0.191 e. The fraction of sp³-hybridized carbons (Fsp3) is 0.409.